The molecule has 0 aromatic heterocycles. The second-order valence-electron chi connectivity index (χ2n) is 3.60. The van der Waals surface area contributed by atoms with Gasteiger partial charge in [0, 0.05) is 5.75 Å². The molecule has 2 aliphatic heterocycles. The van der Waals surface area contributed by atoms with Crippen molar-refractivity contribution >= 4 is 23.6 Å². The summed E-state index contributed by atoms with van der Waals surface area (Å²) in [5.41, 5.74) is 1.21. The molecule has 2 heterocycles. The fraction of sp³-hybridized carbons (Fsp3) is 0.556. The van der Waals surface area contributed by atoms with E-state index in [1.54, 1.807) is 6.92 Å². The molecule has 2 N–H and O–H groups in total. The average molecular weight is 229 g/mol. The van der Waals surface area contributed by atoms with E-state index in [2.05, 4.69) is 0 Å². The number of aliphatic carboxylic acids is 1. The van der Waals surface area contributed by atoms with Gasteiger partial charge in [-0.3, -0.25) is 4.79 Å². The van der Waals surface area contributed by atoms with Gasteiger partial charge in [0.25, 0.3) is 5.91 Å². The number of carbonyl (C=O) groups is 2. The standard InChI is InChI=1S/C9H11NO4S/c1-4(2-11)6-7(12)10-5(9(13)14)3-15-8(6)10/h5,8,11H,2-3H2,1H3,(H,13,14). The van der Waals surface area contributed by atoms with Crippen molar-refractivity contribution in [3.8, 4) is 0 Å². The van der Waals surface area contributed by atoms with Crippen molar-refractivity contribution in [2.45, 2.75) is 18.3 Å². The third-order valence-electron chi connectivity index (χ3n) is 2.69. The largest absolute Gasteiger partial charge is 0.480 e. The lowest BCUT2D eigenvalue weighted by molar-refractivity contribution is -0.150. The molecule has 0 bridgehead atoms. The average Bonchev–Trinajstić information content (AvgIpc) is 2.57. The Morgan fingerprint density at radius 2 is 2.33 bits per heavy atom. The lowest BCUT2D eigenvalue weighted by Gasteiger charge is -2.39. The normalized spacial score (nSPS) is 32.4. The molecule has 82 valence electrons. The first-order valence-electron chi connectivity index (χ1n) is 4.55. The molecular weight excluding hydrogens is 218 g/mol. The highest BCUT2D eigenvalue weighted by molar-refractivity contribution is 8.00. The maximum absolute atomic E-state index is 11.6. The Balaban J connectivity index is 2.24. The minimum Gasteiger partial charge on any atom is -0.480 e. The first-order chi connectivity index (χ1) is 7.07. The molecule has 2 saturated heterocycles. The fourth-order valence-electron chi connectivity index (χ4n) is 1.82. The molecule has 0 spiro atoms. The molecule has 0 radical (unpaired) electrons. The maximum Gasteiger partial charge on any atom is 0.327 e. The van der Waals surface area contributed by atoms with Crippen LogP contribution in [0.3, 0.4) is 0 Å². The summed E-state index contributed by atoms with van der Waals surface area (Å²) in [4.78, 5) is 23.8. The molecule has 2 rings (SSSR count). The molecule has 6 heteroatoms. The van der Waals surface area contributed by atoms with Gasteiger partial charge in [-0.15, -0.1) is 11.8 Å². The van der Waals surface area contributed by atoms with E-state index in [9.17, 15) is 9.59 Å². The number of nitrogens with zero attached hydrogens (tertiary/aromatic N) is 1. The van der Waals surface area contributed by atoms with E-state index in [1.165, 1.54) is 16.7 Å². The Morgan fingerprint density at radius 3 is 2.87 bits per heavy atom. The number of aliphatic hydroxyl groups excluding tert-OH is 1. The number of amides is 1. The number of thioether (sulfide) groups is 1. The molecule has 1 amide bonds. The summed E-state index contributed by atoms with van der Waals surface area (Å²) in [5, 5.41) is 17.6. The number of β-lactam (4-membered cyclic amide) rings is 1. The van der Waals surface area contributed by atoms with Crippen LogP contribution in [0.5, 0.6) is 0 Å². The van der Waals surface area contributed by atoms with Crippen molar-refractivity contribution < 1.29 is 19.8 Å². The van der Waals surface area contributed by atoms with E-state index in [0.717, 1.165) is 0 Å². The zero-order valence-corrected chi connectivity index (χ0v) is 8.95. The van der Waals surface area contributed by atoms with Gasteiger partial charge in [0.15, 0.2) is 0 Å². The van der Waals surface area contributed by atoms with E-state index >= 15 is 0 Å². The number of hydrogen-bond acceptors (Lipinski definition) is 4. The zero-order valence-electron chi connectivity index (χ0n) is 8.14. The molecule has 0 aromatic carbocycles. The monoisotopic (exact) mass is 229 g/mol. The van der Waals surface area contributed by atoms with Crippen LogP contribution in [0.1, 0.15) is 6.92 Å². The van der Waals surface area contributed by atoms with Crippen LogP contribution >= 0.6 is 11.8 Å². The Morgan fingerprint density at radius 1 is 1.67 bits per heavy atom. The van der Waals surface area contributed by atoms with Crippen LogP contribution in [0, 0.1) is 0 Å². The Labute approximate surface area is 90.8 Å². The van der Waals surface area contributed by atoms with Gasteiger partial charge in [0.2, 0.25) is 0 Å². The summed E-state index contributed by atoms with van der Waals surface area (Å²) in [7, 11) is 0. The van der Waals surface area contributed by atoms with E-state index in [4.69, 9.17) is 10.2 Å². The Hall–Kier alpha value is -1.01. The molecule has 2 fully saturated rings. The smallest absolute Gasteiger partial charge is 0.327 e. The third kappa shape index (κ3) is 1.36. The topological polar surface area (TPSA) is 77.8 Å². The van der Waals surface area contributed by atoms with E-state index in [1.807, 2.05) is 0 Å². The molecule has 2 unspecified atom stereocenters. The minimum absolute atomic E-state index is 0.149. The van der Waals surface area contributed by atoms with Crippen molar-refractivity contribution in [1.82, 2.24) is 4.90 Å². The Bertz CT molecular complexity index is 365. The number of aliphatic hydroxyl groups is 1. The van der Waals surface area contributed by atoms with E-state index < -0.39 is 12.0 Å². The van der Waals surface area contributed by atoms with E-state index in [0.29, 0.717) is 16.9 Å². The molecule has 5 nitrogen and oxygen atoms in total. The first kappa shape index (κ1) is 10.5. The second kappa shape index (κ2) is 3.53. The van der Waals surface area contributed by atoms with E-state index in [-0.39, 0.29) is 17.9 Å². The first-order valence-corrected chi connectivity index (χ1v) is 5.60. The molecule has 15 heavy (non-hydrogen) atoms. The Kier molecular flexibility index (Phi) is 2.47. The predicted octanol–water partition coefficient (Wildman–Crippen LogP) is -0.337. The molecule has 2 atom stereocenters. The second-order valence-corrected chi connectivity index (χ2v) is 4.72. The number of rotatable bonds is 2. The van der Waals surface area contributed by atoms with Crippen molar-refractivity contribution in [3.05, 3.63) is 11.1 Å². The number of hydrogen-bond donors (Lipinski definition) is 2. The van der Waals surface area contributed by atoms with Crippen LogP contribution < -0.4 is 0 Å². The number of carboxylic acid groups (broad SMARTS) is 1. The summed E-state index contributed by atoms with van der Waals surface area (Å²) in [6.45, 7) is 1.54. The molecular formula is C9H11NO4S. The van der Waals surface area contributed by atoms with Gasteiger partial charge in [-0.25, -0.2) is 4.79 Å². The van der Waals surface area contributed by atoms with Crippen LogP contribution in [0.25, 0.3) is 0 Å². The van der Waals surface area contributed by atoms with Crippen molar-refractivity contribution in [2.75, 3.05) is 12.4 Å². The molecule has 0 aromatic rings. The molecule has 0 aliphatic carbocycles. The van der Waals surface area contributed by atoms with Crippen LogP contribution in [0.15, 0.2) is 11.1 Å². The van der Waals surface area contributed by atoms with Crippen LogP contribution in [0.2, 0.25) is 0 Å². The van der Waals surface area contributed by atoms with Gasteiger partial charge in [0.05, 0.1) is 12.2 Å². The summed E-state index contributed by atoms with van der Waals surface area (Å²) in [6, 6.07) is -0.706. The van der Waals surface area contributed by atoms with Crippen LogP contribution in [0.4, 0.5) is 0 Å². The maximum atomic E-state index is 11.6. The van der Waals surface area contributed by atoms with Gasteiger partial charge in [-0.05, 0) is 12.5 Å². The van der Waals surface area contributed by atoms with Crippen molar-refractivity contribution in [1.29, 1.82) is 0 Å². The van der Waals surface area contributed by atoms with Crippen molar-refractivity contribution in [2.24, 2.45) is 0 Å². The minimum atomic E-state index is -0.959. The highest BCUT2D eigenvalue weighted by Crippen LogP contribution is 2.44. The van der Waals surface area contributed by atoms with Crippen LogP contribution in [-0.2, 0) is 9.59 Å². The SMILES string of the molecule is CC(CO)=C1C(=O)N2C(C(=O)O)CSC12. The molecule has 2 aliphatic rings. The van der Waals surface area contributed by atoms with Gasteiger partial charge < -0.3 is 15.1 Å². The number of fused-ring (bicyclic) bond motifs is 1. The third-order valence-corrected chi connectivity index (χ3v) is 3.98. The highest BCUT2D eigenvalue weighted by Gasteiger charge is 2.53. The van der Waals surface area contributed by atoms with Gasteiger partial charge in [0.1, 0.15) is 11.4 Å². The quantitative estimate of drug-likeness (QED) is 0.500. The number of carbonyl (C=O) groups excluding carboxylic acids is 1. The zero-order chi connectivity index (χ0) is 11.2. The van der Waals surface area contributed by atoms with Gasteiger partial charge in [-0.2, -0.15) is 0 Å². The summed E-state index contributed by atoms with van der Waals surface area (Å²) >= 11 is 1.44. The summed E-state index contributed by atoms with van der Waals surface area (Å²) < 4.78 is 0. The van der Waals surface area contributed by atoms with Crippen molar-refractivity contribution in [3.63, 3.8) is 0 Å². The van der Waals surface area contributed by atoms with Crippen LogP contribution in [-0.4, -0.2) is 50.8 Å². The number of carboxylic acids is 1. The summed E-state index contributed by atoms with van der Waals surface area (Å²) in [5.74, 6) is -0.781. The molecule has 0 saturated carbocycles. The van der Waals surface area contributed by atoms with Gasteiger partial charge in [-0.1, -0.05) is 0 Å². The van der Waals surface area contributed by atoms with Gasteiger partial charge >= 0.3 is 5.97 Å². The summed E-state index contributed by atoms with van der Waals surface area (Å²) in [6.07, 6.45) is 0. The fourth-order valence-corrected chi connectivity index (χ4v) is 3.36. The predicted molar refractivity (Wildman–Crippen MR) is 54.3 cm³/mol. The lowest BCUT2D eigenvalue weighted by Crippen LogP contribution is -2.56. The highest BCUT2D eigenvalue weighted by atomic mass is 32.2. The lowest BCUT2D eigenvalue weighted by atomic mass is 9.98.